The minimum Gasteiger partial charge on any atom is -0.507 e. The maximum absolute atomic E-state index is 9.69. The molecule has 1 fully saturated rings. The van der Waals surface area contributed by atoms with Crippen molar-refractivity contribution in [3.63, 3.8) is 0 Å². The summed E-state index contributed by atoms with van der Waals surface area (Å²) >= 11 is 0. The van der Waals surface area contributed by atoms with Gasteiger partial charge in [-0.2, -0.15) is 4.98 Å². The number of para-hydroxylation sites is 1. The molecule has 1 atom stereocenters. The van der Waals surface area contributed by atoms with Gasteiger partial charge in [-0.05, 0) is 18.6 Å². The summed E-state index contributed by atoms with van der Waals surface area (Å²) in [5.74, 6) is 1.36. The van der Waals surface area contributed by atoms with Crippen LogP contribution in [0.2, 0.25) is 0 Å². The van der Waals surface area contributed by atoms with Crippen molar-refractivity contribution in [1.82, 2.24) is 10.1 Å². The Morgan fingerprint density at radius 3 is 2.94 bits per heavy atom. The Labute approximate surface area is 98.0 Å². The quantitative estimate of drug-likeness (QED) is 0.857. The Morgan fingerprint density at radius 2 is 2.18 bits per heavy atom. The zero-order chi connectivity index (χ0) is 11.7. The lowest BCUT2D eigenvalue weighted by molar-refractivity contribution is 0.192. The molecule has 0 bridgehead atoms. The molecule has 0 aliphatic carbocycles. The maximum atomic E-state index is 9.69. The second-order valence-corrected chi connectivity index (χ2v) is 4.04. The van der Waals surface area contributed by atoms with Gasteiger partial charge in [-0.15, -0.1) is 0 Å². The number of benzene rings is 1. The lowest BCUT2D eigenvalue weighted by atomic mass is 10.1. The third-order valence-corrected chi connectivity index (χ3v) is 2.87. The number of phenols is 1. The summed E-state index contributed by atoms with van der Waals surface area (Å²) in [5.41, 5.74) is 0.560. The zero-order valence-electron chi connectivity index (χ0n) is 9.17. The number of hydrogen-bond donors (Lipinski definition) is 1. The number of nitrogens with zero attached hydrogens (tertiary/aromatic N) is 2. The lowest BCUT2D eigenvalue weighted by Crippen LogP contribution is -1.99. The van der Waals surface area contributed by atoms with E-state index in [4.69, 9.17) is 9.26 Å². The van der Waals surface area contributed by atoms with Crippen LogP contribution in [0.5, 0.6) is 5.75 Å². The van der Waals surface area contributed by atoms with Crippen LogP contribution in [0.4, 0.5) is 0 Å². The monoisotopic (exact) mass is 232 g/mol. The van der Waals surface area contributed by atoms with E-state index >= 15 is 0 Å². The van der Waals surface area contributed by atoms with Gasteiger partial charge in [0.05, 0.1) is 12.2 Å². The van der Waals surface area contributed by atoms with Crippen molar-refractivity contribution >= 4 is 0 Å². The molecule has 1 aromatic carbocycles. The summed E-state index contributed by atoms with van der Waals surface area (Å²) < 4.78 is 10.4. The van der Waals surface area contributed by atoms with Crippen molar-refractivity contribution in [1.29, 1.82) is 0 Å². The van der Waals surface area contributed by atoms with Gasteiger partial charge in [0.1, 0.15) is 5.75 Å². The molecule has 0 amide bonds. The molecule has 0 radical (unpaired) electrons. The van der Waals surface area contributed by atoms with Crippen LogP contribution in [0.15, 0.2) is 28.8 Å². The highest BCUT2D eigenvalue weighted by Crippen LogP contribution is 2.29. The standard InChI is InChI=1S/C12H12N2O3/c15-10-4-2-1-3-9(10)12-13-11(14-17-12)8-5-6-16-7-8/h1-4,8,15H,5-7H2. The Bertz CT molecular complexity index is 518. The van der Waals surface area contributed by atoms with Crippen LogP contribution < -0.4 is 0 Å². The third-order valence-electron chi connectivity index (χ3n) is 2.87. The first-order chi connectivity index (χ1) is 8.34. The summed E-state index contributed by atoms with van der Waals surface area (Å²) in [4.78, 5) is 4.31. The van der Waals surface area contributed by atoms with Gasteiger partial charge in [0.25, 0.3) is 5.89 Å². The molecule has 17 heavy (non-hydrogen) atoms. The second kappa shape index (κ2) is 4.18. The van der Waals surface area contributed by atoms with Crippen molar-refractivity contribution in [3.05, 3.63) is 30.1 Å². The molecular formula is C12H12N2O3. The molecule has 1 N–H and O–H groups in total. The third kappa shape index (κ3) is 1.89. The number of ether oxygens (including phenoxy) is 1. The molecule has 5 nitrogen and oxygen atoms in total. The Hall–Kier alpha value is -1.88. The highest BCUT2D eigenvalue weighted by molar-refractivity contribution is 5.61. The van der Waals surface area contributed by atoms with Crippen LogP contribution in [-0.4, -0.2) is 28.5 Å². The first-order valence-electron chi connectivity index (χ1n) is 5.54. The molecule has 1 saturated heterocycles. The highest BCUT2D eigenvalue weighted by Gasteiger charge is 2.23. The van der Waals surface area contributed by atoms with E-state index in [1.165, 1.54) is 0 Å². The van der Waals surface area contributed by atoms with Crippen molar-refractivity contribution < 1.29 is 14.4 Å². The van der Waals surface area contributed by atoms with Gasteiger partial charge in [-0.1, -0.05) is 17.3 Å². The summed E-state index contributed by atoms with van der Waals surface area (Å²) in [6, 6.07) is 6.91. The number of phenolic OH excluding ortho intramolecular Hbond substituents is 1. The zero-order valence-corrected chi connectivity index (χ0v) is 9.17. The summed E-state index contributed by atoms with van der Waals surface area (Å²) in [6.07, 6.45) is 0.916. The summed E-state index contributed by atoms with van der Waals surface area (Å²) in [6.45, 7) is 1.38. The molecule has 2 heterocycles. The molecule has 1 unspecified atom stereocenters. The average Bonchev–Trinajstić information content (AvgIpc) is 3.00. The summed E-state index contributed by atoms with van der Waals surface area (Å²) in [5, 5.41) is 13.6. The second-order valence-electron chi connectivity index (χ2n) is 4.04. The Morgan fingerprint density at radius 1 is 1.29 bits per heavy atom. The fraction of sp³-hybridized carbons (Fsp3) is 0.333. The van der Waals surface area contributed by atoms with Gasteiger partial charge in [0, 0.05) is 12.5 Å². The van der Waals surface area contributed by atoms with Gasteiger partial charge in [0.2, 0.25) is 0 Å². The summed E-state index contributed by atoms with van der Waals surface area (Å²) in [7, 11) is 0. The molecule has 1 aromatic heterocycles. The van der Waals surface area contributed by atoms with E-state index in [1.54, 1.807) is 18.2 Å². The van der Waals surface area contributed by atoms with Gasteiger partial charge < -0.3 is 14.4 Å². The van der Waals surface area contributed by atoms with Gasteiger partial charge in [-0.25, -0.2) is 0 Å². The van der Waals surface area contributed by atoms with Crippen molar-refractivity contribution in [2.75, 3.05) is 13.2 Å². The van der Waals surface area contributed by atoms with E-state index in [2.05, 4.69) is 10.1 Å². The molecule has 88 valence electrons. The normalized spacial score (nSPS) is 19.6. The van der Waals surface area contributed by atoms with Crippen LogP contribution in [0.25, 0.3) is 11.5 Å². The van der Waals surface area contributed by atoms with Crippen molar-refractivity contribution in [2.45, 2.75) is 12.3 Å². The molecule has 3 rings (SSSR count). The van der Waals surface area contributed by atoms with E-state index in [0.717, 1.165) is 13.0 Å². The smallest absolute Gasteiger partial charge is 0.261 e. The Kier molecular flexibility index (Phi) is 2.53. The van der Waals surface area contributed by atoms with E-state index < -0.39 is 0 Å². The topological polar surface area (TPSA) is 68.4 Å². The van der Waals surface area contributed by atoms with Gasteiger partial charge in [0.15, 0.2) is 5.82 Å². The van der Waals surface area contributed by atoms with Crippen LogP contribution >= 0.6 is 0 Å². The molecular weight excluding hydrogens is 220 g/mol. The minimum atomic E-state index is 0.144. The van der Waals surface area contributed by atoms with E-state index in [9.17, 15) is 5.11 Å². The number of aromatic hydroxyl groups is 1. The predicted molar refractivity (Wildman–Crippen MR) is 59.6 cm³/mol. The molecule has 0 saturated carbocycles. The molecule has 0 spiro atoms. The minimum absolute atomic E-state index is 0.144. The SMILES string of the molecule is Oc1ccccc1-c1nc(C2CCOC2)no1. The molecule has 1 aliphatic heterocycles. The Balaban J connectivity index is 1.92. The van der Waals surface area contributed by atoms with Crippen LogP contribution in [0, 0.1) is 0 Å². The van der Waals surface area contributed by atoms with Crippen molar-refractivity contribution in [2.24, 2.45) is 0 Å². The maximum Gasteiger partial charge on any atom is 0.261 e. The average molecular weight is 232 g/mol. The fourth-order valence-electron chi connectivity index (χ4n) is 1.90. The van der Waals surface area contributed by atoms with E-state index in [0.29, 0.717) is 23.9 Å². The number of rotatable bonds is 2. The van der Waals surface area contributed by atoms with Gasteiger partial charge >= 0.3 is 0 Å². The van der Waals surface area contributed by atoms with E-state index in [-0.39, 0.29) is 11.7 Å². The fourth-order valence-corrected chi connectivity index (χ4v) is 1.90. The highest BCUT2D eigenvalue weighted by atomic mass is 16.5. The molecule has 1 aliphatic rings. The molecule has 5 heteroatoms. The van der Waals surface area contributed by atoms with Crippen LogP contribution in [-0.2, 0) is 4.74 Å². The number of aromatic nitrogens is 2. The predicted octanol–water partition coefficient (Wildman–Crippen LogP) is 1.95. The van der Waals surface area contributed by atoms with Gasteiger partial charge in [-0.3, -0.25) is 0 Å². The van der Waals surface area contributed by atoms with Crippen molar-refractivity contribution in [3.8, 4) is 17.2 Å². The van der Waals surface area contributed by atoms with Crippen LogP contribution in [0.1, 0.15) is 18.2 Å². The lowest BCUT2D eigenvalue weighted by Gasteiger charge is -1.98. The first kappa shape index (κ1) is 10.3. The number of hydrogen-bond acceptors (Lipinski definition) is 5. The van der Waals surface area contributed by atoms with Crippen LogP contribution in [0.3, 0.4) is 0 Å². The molecule has 2 aromatic rings. The first-order valence-corrected chi connectivity index (χ1v) is 5.54. The van der Waals surface area contributed by atoms with E-state index in [1.807, 2.05) is 6.07 Å². The largest absolute Gasteiger partial charge is 0.507 e.